The summed E-state index contributed by atoms with van der Waals surface area (Å²) in [5, 5.41) is 4.40. The molecule has 2 rings (SSSR count). The Bertz CT molecular complexity index is 282. The monoisotopic (exact) mass is 178 g/mol. The molecule has 0 N–H and O–H groups in total. The minimum Gasteiger partial charge on any atom is -0.272 e. The molecule has 13 heavy (non-hydrogen) atoms. The Labute approximate surface area is 80.0 Å². The standard InChI is InChI=1S/C11H18N2/c1-9-8-11(13(2)12-9)10-6-4-3-5-7-10/h8,10H,3-7H2,1-2H3. The fraction of sp³-hybridized carbons (Fsp3) is 0.727. The highest BCUT2D eigenvalue weighted by Gasteiger charge is 2.18. The Hall–Kier alpha value is -0.790. The smallest absolute Gasteiger partial charge is 0.0596 e. The van der Waals surface area contributed by atoms with Gasteiger partial charge in [0, 0.05) is 18.7 Å². The summed E-state index contributed by atoms with van der Waals surface area (Å²) in [4.78, 5) is 0. The van der Waals surface area contributed by atoms with E-state index in [1.165, 1.54) is 37.8 Å². The lowest BCUT2D eigenvalue weighted by Gasteiger charge is -2.21. The third-order valence-electron chi connectivity index (χ3n) is 3.06. The summed E-state index contributed by atoms with van der Waals surface area (Å²) in [5.41, 5.74) is 2.60. The van der Waals surface area contributed by atoms with E-state index >= 15 is 0 Å². The largest absolute Gasteiger partial charge is 0.272 e. The molecule has 0 bridgehead atoms. The van der Waals surface area contributed by atoms with Crippen molar-refractivity contribution in [1.29, 1.82) is 0 Å². The first kappa shape index (κ1) is 8.79. The van der Waals surface area contributed by atoms with E-state index in [1.807, 2.05) is 0 Å². The van der Waals surface area contributed by atoms with Gasteiger partial charge < -0.3 is 0 Å². The van der Waals surface area contributed by atoms with E-state index in [-0.39, 0.29) is 0 Å². The molecule has 0 amide bonds. The molecular weight excluding hydrogens is 160 g/mol. The Morgan fingerprint density at radius 3 is 2.54 bits per heavy atom. The molecule has 0 unspecified atom stereocenters. The molecule has 0 saturated heterocycles. The SMILES string of the molecule is Cc1cc(C2CCCCC2)n(C)n1. The van der Waals surface area contributed by atoms with Gasteiger partial charge in [-0.3, -0.25) is 4.68 Å². The van der Waals surface area contributed by atoms with Crippen molar-refractivity contribution in [1.82, 2.24) is 9.78 Å². The Morgan fingerprint density at radius 2 is 2.00 bits per heavy atom. The van der Waals surface area contributed by atoms with Crippen molar-refractivity contribution in [3.05, 3.63) is 17.5 Å². The number of hydrogen-bond donors (Lipinski definition) is 0. The summed E-state index contributed by atoms with van der Waals surface area (Å²) >= 11 is 0. The van der Waals surface area contributed by atoms with E-state index in [4.69, 9.17) is 0 Å². The molecule has 0 spiro atoms. The van der Waals surface area contributed by atoms with Crippen LogP contribution in [0.25, 0.3) is 0 Å². The molecule has 1 heterocycles. The lowest BCUT2D eigenvalue weighted by atomic mass is 9.87. The molecule has 1 aromatic heterocycles. The predicted octanol–water partition coefficient (Wildman–Crippen LogP) is 2.78. The maximum atomic E-state index is 4.40. The fourth-order valence-corrected chi connectivity index (χ4v) is 2.41. The quantitative estimate of drug-likeness (QED) is 0.646. The van der Waals surface area contributed by atoms with Crippen molar-refractivity contribution in [3.63, 3.8) is 0 Å². The van der Waals surface area contributed by atoms with Gasteiger partial charge in [0.1, 0.15) is 0 Å². The molecule has 1 saturated carbocycles. The topological polar surface area (TPSA) is 17.8 Å². The summed E-state index contributed by atoms with van der Waals surface area (Å²) in [6, 6.07) is 2.25. The minimum atomic E-state index is 0.778. The van der Waals surface area contributed by atoms with Gasteiger partial charge in [-0.05, 0) is 25.8 Å². The van der Waals surface area contributed by atoms with Crippen LogP contribution in [0.2, 0.25) is 0 Å². The molecule has 0 aromatic carbocycles. The minimum absolute atomic E-state index is 0.778. The van der Waals surface area contributed by atoms with Crippen molar-refractivity contribution in [3.8, 4) is 0 Å². The van der Waals surface area contributed by atoms with Crippen LogP contribution in [0.1, 0.15) is 49.4 Å². The number of rotatable bonds is 1. The van der Waals surface area contributed by atoms with Crippen molar-refractivity contribution in [2.75, 3.05) is 0 Å². The second-order valence-corrected chi connectivity index (χ2v) is 4.17. The van der Waals surface area contributed by atoms with Crippen LogP contribution in [0.4, 0.5) is 0 Å². The van der Waals surface area contributed by atoms with Gasteiger partial charge in [-0.1, -0.05) is 19.3 Å². The van der Waals surface area contributed by atoms with Gasteiger partial charge in [0.15, 0.2) is 0 Å². The van der Waals surface area contributed by atoms with Crippen LogP contribution < -0.4 is 0 Å². The van der Waals surface area contributed by atoms with Gasteiger partial charge in [-0.2, -0.15) is 5.10 Å². The van der Waals surface area contributed by atoms with Crippen LogP contribution in [0, 0.1) is 6.92 Å². The summed E-state index contributed by atoms with van der Waals surface area (Å²) in [6.45, 7) is 2.08. The highest BCUT2D eigenvalue weighted by atomic mass is 15.3. The van der Waals surface area contributed by atoms with E-state index in [0.717, 1.165) is 11.6 Å². The van der Waals surface area contributed by atoms with Crippen LogP contribution in [0.3, 0.4) is 0 Å². The molecule has 1 fully saturated rings. The Balaban J connectivity index is 2.18. The number of aryl methyl sites for hydroxylation is 2. The van der Waals surface area contributed by atoms with E-state index in [9.17, 15) is 0 Å². The second kappa shape index (κ2) is 3.52. The lowest BCUT2D eigenvalue weighted by Crippen LogP contribution is -2.09. The van der Waals surface area contributed by atoms with Crippen molar-refractivity contribution >= 4 is 0 Å². The third-order valence-corrected chi connectivity index (χ3v) is 3.06. The van der Waals surface area contributed by atoms with Crippen molar-refractivity contribution < 1.29 is 0 Å². The zero-order valence-electron chi connectivity index (χ0n) is 8.58. The molecule has 1 aromatic rings. The summed E-state index contributed by atoms with van der Waals surface area (Å²) in [5.74, 6) is 0.778. The molecule has 1 aliphatic rings. The summed E-state index contributed by atoms with van der Waals surface area (Å²) in [7, 11) is 2.07. The average molecular weight is 178 g/mol. The van der Waals surface area contributed by atoms with Crippen LogP contribution in [0.15, 0.2) is 6.07 Å². The zero-order chi connectivity index (χ0) is 9.26. The summed E-state index contributed by atoms with van der Waals surface area (Å²) in [6.07, 6.45) is 6.94. The van der Waals surface area contributed by atoms with Crippen LogP contribution in [-0.4, -0.2) is 9.78 Å². The van der Waals surface area contributed by atoms with Gasteiger partial charge in [0.25, 0.3) is 0 Å². The molecule has 0 radical (unpaired) electrons. The van der Waals surface area contributed by atoms with Gasteiger partial charge in [0.05, 0.1) is 5.69 Å². The Kier molecular flexibility index (Phi) is 2.38. The average Bonchev–Trinajstić information content (AvgIpc) is 2.47. The lowest BCUT2D eigenvalue weighted by molar-refractivity contribution is 0.424. The van der Waals surface area contributed by atoms with Crippen molar-refractivity contribution in [2.45, 2.75) is 44.9 Å². The van der Waals surface area contributed by atoms with E-state index in [1.54, 1.807) is 0 Å². The van der Waals surface area contributed by atoms with E-state index < -0.39 is 0 Å². The number of aromatic nitrogens is 2. The van der Waals surface area contributed by atoms with E-state index in [2.05, 4.69) is 29.8 Å². The highest BCUT2D eigenvalue weighted by Crippen LogP contribution is 2.32. The number of nitrogens with zero attached hydrogens (tertiary/aromatic N) is 2. The second-order valence-electron chi connectivity index (χ2n) is 4.17. The fourth-order valence-electron chi connectivity index (χ4n) is 2.41. The highest BCUT2D eigenvalue weighted by molar-refractivity contribution is 5.14. The molecule has 2 heteroatoms. The van der Waals surface area contributed by atoms with Gasteiger partial charge in [-0.25, -0.2) is 0 Å². The maximum Gasteiger partial charge on any atom is 0.0596 e. The zero-order valence-corrected chi connectivity index (χ0v) is 8.58. The van der Waals surface area contributed by atoms with Crippen molar-refractivity contribution in [2.24, 2.45) is 7.05 Å². The van der Waals surface area contributed by atoms with Crippen LogP contribution in [-0.2, 0) is 7.05 Å². The van der Waals surface area contributed by atoms with Crippen LogP contribution in [0.5, 0.6) is 0 Å². The molecule has 72 valence electrons. The molecule has 0 aliphatic heterocycles. The molecule has 0 atom stereocenters. The van der Waals surface area contributed by atoms with Gasteiger partial charge >= 0.3 is 0 Å². The third kappa shape index (κ3) is 1.77. The van der Waals surface area contributed by atoms with E-state index in [0.29, 0.717) is 0 Å². The first-order valence-corrected chi connectivity index (χ1v) is 5.28. The van der Waals surface area contributed by atoms with Gasteiger partial charge in [0.2, 0.25) is 0 Å². The normalized spacial score (nSPS) is 19.2. The molecule has 2 nitrogen and oxygen atoms in total. The first-order valence-electron chi connectivity index (χ1n) is 5.28. The summed E-state index contributed by atoms with van der Waals surface area (Å²) < 4.78 is 2.06. The number of hydrogen-bond acceptors (Lipinski definition) is 1. The molecular formula is C11H18N2. The Morgan fingerprint density at radius 1 is 1.31 bits per heavy atom. The predicted molar refractivity (Wildman–Crippen MR) is 53.8 cm³/mol. The molecule has 1 aliphatic carbocycles. The van der Waals surface area contributed by atoms with Crippen LogP contribution >= 0.6 is 0 Å². The maximum absolute atomic E-state index is 4.40. The first-order chi connectivity index (χ1) is 6.27. The van der Waals surface area contributed by atoms with Gasteiger partial charge in [-0.15, -0.1) is 0 Å².